The van der Waals surface area contributed by atoms with E-state index in [4.69, 9.17) is 4.74 Å². The van der Waals surface area contributed by atoms with E-state index in [9.17, 15) is 9.90 Å². The van der Waals surface area contributed by atoms with Gasteiger partial charge < -0.3 is 9.84 Å². The normalized spacial score (nSPS) is 53.9. The second-order valence-electron chi connectivity index (χ2n) is 9.76. The zero-order chi connectivity index (χ0) is 17.4. The molecule has 2 saturated carbocycles. The molecular formula is C22H30O3. The smallest absolute Gasteiger partial charge is 0.306 e. The Bertz CT molecular complexity index is 679. The maximum absolute atomic E-state index is 11.9. The molecule has 1 heterocycles. The van der Waals surface area contributed by atoms with Crippen LogP contribution in [-0.4, -0.2) is 22.8 Å². The van der Waals surface area contributed by atoms with Crippen LogP contribution in [0.5, 0.6) is 0 Å². The van der Waals surface area contributed by atoms with Gasteiger partial charge in [-0.15, -0.1) is 0 Å². The Labute approximate surface area is 150 Å². The number of carbonyl (C=O) groups excluding carboxylic acids is 1. The van der Waals surface area contributed by atoms with Crippen molar-refractivity contribution in [1.29, 1.82) is 0 Å². The minimum atomic E-state index is -0.272. The van der Waals surface area contributed by atoms with Crippen molar-refractivity contribution in [2.45, 2.75) is 76.9 Å². The molecule has 1 N–H and O–H groups in total. The van der Waals surface area contributed by atoms with Gasteiger partial charge >= 0.3 is 5.97 Å². The Morgan fingerprint density at radius 1 is 1.08 bits per heavy atom. The molecule has 5 rings (SSSR count). The van der Waals surface area contributed by atoms with Gasteiger partial charge in [0.2, 0.25) is 0 Å². The molecule has 0 aromatic carbocycles. The van der Waals surface area contributed by atoms with Crippen LogP contribution < -0.4 is 0 Å². The molecule has 4 aliphatic carbocycles. The maximum atomic E-state index is 11.9. The van der Waals surface area contributed by atoms with Gasteiger partial charge in [0.15, 0.2) is 0 Å². The summed E-state index contributed by atoms with van der Waals surface area (Å²) in [5.41, 5.74) is 1.52. The molecule has 0 radical (unpaired) electrons. The summed E-state index contributed by atoms with van der Waals surface area (Å²) in [5, 5.41) is 10.1. The molecule has 5 aliphatic rings. The van der Waals surface area contributed by atoms with E-state index in [2.05, 4.69) is 32.1 Å². The molecule has 3 nitrogen and oxygen atoms in total. The lowest BCUT2D eigenvalue weighted by Crippen LogP contribution is -2.53. The number of esters is 1. The van der Waals surface area contributed by atoms with Gasteiger partial charge in [0, 0.05) is 11.8 Å². The quantitative estimate of drug-likeness (QED) is 0.672. The van der Waals surface area contributed by atoms with Crippen LogP contribution in [0.3, 0.4) is 0 Å². The van der Waals surface area contributed by atoms with Crippen molar-refractivity contribution < 1.29 is 14.6 Å². The fraction of sp³-hybridized carbons (Fsp3) is 0.773. The fourth-order valence-electron chi connectivity index (χ4n) is 7.44. The minimum absolute atomic E-state index is 0.0154. The Balaban J connectivity index is 1.52. The van der Waals surface area contributed by atoms with E-state index in [-0.39, 0.29) is 28.5 Å². The number of ether oxygens (including phenoxy) is 1. The minimum Gasteiger partial charge on any atom is -0.458 e. The summed E-state index contributed by atoms with van der Waals surface area (Å²) in [6.45, 7) is 4.83. The average molecular weight is 342 g/mol. The Kier molecular flexibility index (Phi) is 3.22. The number of fused-ring (bicyclic) bond motifs is 6. The highest BCUT2D eigenvalue weighted by Gasteiger charge is 2.66. The zero-order valence-electron chi connectivity index (χ0n) is 15.5. The maximum Gasteiger partial charge on any atom is 0.306 e. The number of carbonyl (C=O) groups is 1. The Hall–Kier alpha value is -1.09. The van der Waals surface area contributed by atoms with Gasteiger partial charge in [-0.2, -0.15) is 0 Å². The molecule has 1 spiro atoms. The van der Waals surface area contributed by atoms with Crippen LogP contribution in [-0.2, 0) is 9.53 Å². The van der Waals surface area contributed by atoms with E-state index < -0.39 is 0 Å². The van der Waals surface area contributed by atoms with Crippen molar-refractivity contribution in [2.75, 3.05) is 0 Å². The standard InChI is InChI=1S/C22H30O3/c1-20-9-5-15(23)13-14(20)3-4-16-17(20)6-10-21(2)18(16)7-11-22(21)12-8-19(24)25-22/h3-4,13,15-18,23H,5-12H2,1-2H3/t15?,16-,17+,18+,20+,21+,22-/m1/s1. The molecule has 3 fully saturated rings. The molecule has 0 bridgehead atoms. The molecule has 0 amide bonds. The number of aliphatic hydroxyl groups is 1. The monoisotopic (exact) mass is 342 g/mol. The zero-order valence-corrected chi connectivity index (χ0v) is 15.5. The van der Waals surface area contributed by atoms with E-state index in [0.717, 1.165) is 25.7 Å². The highest BCUT2D eigenvalue weighted by atomic mass is 16.6. The van der Waals surface area contributed by atoms with Crippen LogP contribution in [0.15, 0.2) is 23.8 Å². The van der Waals surface area contributed by atoms with Crippen LogP contribution in [0.25, 0.3) is 0 Å². The number of rotatable bonds is 0. The Morgan fingerprint density at radius 2 is 1.88 bits per heavy atom. The third-order valence-electron chi connectivity index (χ3n) is 8.97. The van der Waals surface area contributed by atoms with Gasteiger partial charge in [0.1, 0.15) is 5.60 Å². The summed E-state index contributed by atoms with van der Waals surface area (Å²) in [6.07, 6.45) is 14.7. The predicted octanol–water partition coefficient (Wildman–Crippen LogP) is 4.16. The van der Waals surface area contributed by atoms with Crippen LogP contribution >= 0.6 is 0 Å². The van der Waals surface area contributed by atoms with E-state index in [1.165, 1.54) is 24.8 Å². The molecule has 1 saturated heterocycles. The predicted molar refractivity (Wildman–Crippen MR) is 95.7 cm³/mol. The van der Waals surface area contributed by atoms with Gasteiger partial charge in [-0.25, -0.2) is 0 Å². The first-order valence-corrected chi connectivity index (χ1v) is 10.2. The van der Waals surface area contributed by atoms with Crippen molar-refractivity contribution in [3.63, 3.8) is 0 Å². The molecule has 136 valence electrons. The fourth-order valence-corrected chi connectivity index (χ4v) is 7.44. The van der Waals surface area contributed by atoms with Crippen molar-refractivity contribution in [3.05, 3.63) is 23.8 Å². The molecule has 0 aromatic rings. The van der Waals surface area contributed by atoms with Crippen molar-refractivity contribution in [2.24, 2.45) is 28.6 Å². The van der Waals surface area contributed by atoms with E-state index in [0.29, 0.717) is 24.2 Å². The van der Waals surface area contributed by atoms with Gasteiger partial charge in [-0.1, -0.05) is 32.1 Å². The summed E-state index contributed by atoms with van der Waals surface area (Å²) in [5.74, 6) is 1.90. The van der Waals surface area contributed by atoms with E-state index in [1.54, 1.807) is 0 Å². The van der Waals surface area contributed by atoms with E-state index >= 15 is 0 Å². The lowest BCUT2D eigenvalue weighted by Gasteiger charge is -2.57. The first-order valence-electron chi connectivity index (χ1n) is 10.2. The summed E-state index contributed by atoms with van der Waals surface area (Å²) in [6, 6.07) is 0. The summed E-state index contributed by atoms with van der Waals surface area (Å²) < 4.78 is 6.00. The summed E-state index contributed by atoms with van der Waals surface area (Å²) in [4.78, 5) is 11.9. The second-order valence-corrected chi connectivity index (χ2v) is 9.76. The largest absolute Gasteiger partial charge is 0.458 e. The van der Waals surface area contributed by atoms with Crippen LogP contribution in [0.4, 0.5) is 0 Å². The number of hydrogen-bond donors (Lipinski definition) is 1. The molecule has 7 atom stereocenters. The molecule has 0 aromatic heterocycles. The molecule has 1 aliphatic heterocycles. The van der Waals surface area contributed by atoms with Crippen LogP contribution in [0.2, 0.25) is 0 Å². The number of hydrogen-bond acceptors (Lipinski definition) is 3. The van der Waals surface area contributed by atoms with Crippen molar-refractivity contribution in [1.82, 2.24) is 0 Å². The molecule has 1 unspecified atom stereocenters. The third-order valence-corrected chi connectivity index (χ3v) is 8.97. The first-order chi connectivity index (χ1) is 11.9. The molecular weight excluding hydrogens is 312 g/mol. The Morgan fingerprint density at radius 3 is 2.64 bits per heavy atom. The van der Waals surface area contributed by atoms with Crippen LogP contribution in [0.1, 0.15) is 65.2 Å². The van der Waals surface area contributed by atoms with Gasteiger partial charge in [-0.05, 0) is 73.7 Å². The van der Waals surface area contributed by atoms with Gasteiger partial charge in [0.25, 0.3) is 0 Å². The third kappa shape index (κ3) is 1.94. The highest BCUT2D eigenvalue weighted by Crippen LogP contribution is 2.68. The number of allylic oxidation sites excluding steroid dienone is 3. The summed E-state index contributed by atoms with van der Waals surface area (Å²) in [7, 11) is 0. The second kappa shape index (κ2) is 5.00. The average Bonchev–Trinajstić information content (AvgIpc) is 3.10. The van der Waals surface area contributed by atoms with Crippen molar-refractivity contribution >= 4 is 5.97 Å². The molecule has 3 heteroatoms. The molecule has 25 heavy (non-hydrogen) atoms. The van der Waals surface area contributed by atoms with Crippen LogP contribution in [0, 0.1) is 28.6 Å². The number of aliphatic hydroxyl groups excluding tert-OH is 1. The van der Waals surface area contributed by atoms with E-state index in [1.807, 2.05) is 0 Å². The van der Waals surface area contributed by atoms with Crippen molar-refractivity contribution in [3.8, 4) is 0 Å². The topological polar surface area (TPSA) is 46.5 Å². The lowest BCUT2D eigenvalue weighted by atomic mass is 9.48. The highest BCUT2D eigenvalue weighted by molar-refractivity contribution is 5.72. The first kappa shape index (κ1) is 16.1. The van der Waals surface area contributed by atoms with Gasteiger partial charge in [0.05, 0.1) is 6.10 Å². The summed E-state index contributed by atoms with van der Waals surface area (Å²) >= 11 is 0. The van der Waals surface area contributed by atoms with Gasteiger partial charge in [-0.3, -0.25) is 4.79 Å². The lowest BCUT2D eigenvalue weighted by molar-refractivity contribution is -0.165. The SMILES string of the molecule is C[C@]12CCC(O)C=C1C=C[C@@H]1[C@@H]2CC[C@@]2(C)[C@H]1CC[C@@]21CCC(=O)O1.